The molecule has 1 aliphatic heterocycles. The van der Waals surface area contributed by atoms with Gasteiger partial charge in [-0.05, 0) is 24.6 Å². The molecule has 1 aliphatic rings. The lowest BCUT2D eigenvalue weighted by atomic mass is 10.1. The number of benzene rings is 1. The van der Waals surface area contributed by atoms with Crippen molar-refractivity contribution in [3.05, 3.63) is 29.6 Å². The second-order valence-corrected chi connectivity index (χ2v) is 4.34. The number of hydrogen-bond donors (Lipinski definition) is 1. The number of methoxy groups -OCH3 is 1. The van der Waals surface area contributed by atoms with E-state index >= 15 is 0 Å². The Hall–Kier alpha value is -1.17. The molecule has 2 rings (SSSR count). The SMILES string of the molecule is COc1cc(C(C)NN2CCOCC2)ccc1F. The third kappa shape index (κ3) is 3.19. The Kier molecular flexibility index (Phi) is 4.52. The first kappa shape index (κ1) is 13.3. The fraction of sp³-hybridized carbons (Fsp3) is 0.538. The van der Waals surface area contributed by atoms with E-state index < -0.39 is 0 Å². The van der Waals surface area contributed by atoms with Crippen molar-refractivity contribution >= 4 is 0 Å². The second-order valence-electron chi connectivity index (χ2n) is 4.34. The average molecular weight is 254 g/mol. The standard InChI is InChI=1S/C13H19FN2O2/c1-10(15-16-5-7-18-8-6-16)11-3-4-12(14)13(9-11)17-2/h3-4,9-10,15H,5-8H2,1-2H3. The number of nitrogens with zero attached hydrogens (tertiary/aromatic N) is 1. The van der Waals surface area contributed by atoms with Gasteiger partial charge in [0.25, 0.3) is 0 Å². The molecule has 0 radical (unpaired) electrons. The van der Waals surface area contributed by atoms with Crippen LogP contribution in [-0.4, -0.2) is 38.4 Å². The molecule has 5 heteroatoms. The number of halogens is 1. The number of rotatable bonds is 4. The van der Waals surface area contributed by atoms with Crippen molar-refractivity contribution in [3.63, 3.8) is 0 Å². The molecular formula is C13H19FN2O2. The van der Waals surface area contributed by atoms with Gasteiger partial charge in [0.15, 0.2) is 11.6 Å². The molecule has 1 heterocycles. The Morgan fingerprint density at radius 3 is 2.78 bits per heavy atom. The minimum absolute atomic E-state index is 0.109. The fourth-order valence-electron chi connectivity index (χ4n) is 1.99. The van der Waals surface area contributed by atoms with Crippen LogP contribution in [0.3, 0.4) is 0 Å². The van der Waals surface area contributed by atoms with E-state index in [1.54, 1.807) is 12.1 Å². The Bertz CT molecular complexity index is 395. The molecule has 1 aromatic rings. The lowest BCUT2D eigenvalue weighted by Gasteiger charge is -2.30. The van der Waals surface area contributed by atoms with Crippen LogP contribution in [0.2, 0.25) is 0 Å². The summed E-state index contributed by atoms with van der Waals surface area (Å²) >= 11 is 0. The van der Waals surface area contributed by atoms with Gasteiger partial charge in [-0.15, -0.1) is 0 Å². The minimum atomic E-state index is -0.333. The van der Waals surface area contributed by atoms with Crippen LogP contribution in [-0.2, 0) is 4.74 Å². The molecule has 0 saturated carbocycles. The van der Waals surface area contributed by atoms with Gasteiger partial charge >= 0.3 is 0 Å². The molecule has 0 bridgehead atoms. The summed E-state index contributed by atoms with van der Waals surface area (Å²) in [7, 11) is 1.47. The van der Waals surface area contributed by atoms with Gasteiger partial charge < -0.3 is 9.47 Å². The first-order valence-electron chi connectivity index (χ1n) is 6.13. The Morgan fingerprint density at radius 1 is 1.39 bits per heavy atom. The molecule has 18 heavy (non-hydrogen) atoms. The highest BCUT2D eigenvalue weighted by Gasteiger charge is 2.15. The molecule has 1 fully saturated rings. The normalized spacial score (nSPS) is 18.6. The van der Waals surface area contributed by atoms with Crippen LogP contribution < -0.4 is 10.2 Å². The molecule has 1 aromatic carbocycles. The van der Waals surface area contributed by atoms with Crippen molar-refractivity contribution in [1.82, 2.24) is 10.4 Å². The predicted molar refractivity (Wildman–Crippen MR) is 66.9 cm³/mol. The highest BCUT2D eigenvalue weighted by Crippen LogP contribution is 2.22. The molecule has 1 unspecified atom stereocenters. The zero-order valence-electron chi connectivity index (χ0n) is 10.8. The summed E-state index contributed by atoms with van der Waals surface area (Å²) in [5.74, 6) is -0.0528. The van der Waals surface area contributed by atoms with Gasteiger partial charge in [-0.2, -0.15) is 0 Å². The minimum Gasteiger partial charge on any atom is -0.494 e. The van der Waals surface area contributed by atoms with Gasteiger partial charge in [-0.1, -0.05) is 6.07 Å². The third-order valence-corrected chi connectivity index (χ3v) is 3.06. The predicted octanol–water partition coefficient (Wildman–Crippen LogP) is 1.73. The van der Waals surface area contributed by atoms with Crippen LogP contribution in [0.25, 0.3) is 0 Å². The van der Waals surface area contributed by atoms with E-state index in [0.717, 1.165) is 31.9 Å². The number of ether oxygens (including phenoxy) is 2. The smallest absolute Gasteiger partial charge is 0.165 e. The lowest BCUT2D eigenvalue weighted by molar-refractivity contribution is 0.00482. The monoisotopic (exact) mass is 254 g/mol. The van der Waals surface area contributed by atoms with Crippen molar-refractivity contribution < 1.29 is 13.9 Å². The summed E-state index contributed by atoms with van der Waals surface area (Å²) in [6, 6.07) is 5.05. The van der Waals surface area contributed by atoms with E-state index in [1.807, 2.05) is 6.92 Å². The lowest BCUT2D eigenvalue weighted by Crippen LogP contribution is -2.46. The van der Waals surface area contributed by atoms with Gasteiger partial charge in [0.1, 0.15) is 0 Å². The van der Waals surface area contributed by atoms with Crippen molar-refractivity contribution in [3.8, 4) is 5.75 Å². The molecule has 4 nitrogen and oxygen atoms in total. The molecule has 0 amide bonds. The van der Waals surface area contributed by atoms with Crippen LogP contribution in [0.1, 0.15) is 18.5 Å². The summed E-state index contributed by atoms with van der Waals surface area (Å²) in [5.41, 5.74) is 4.38. The fourth-order valence-corrected chi connectivity index (χ4v) is 1.99. The third-order valence-electron chi connectivity index (χ3n) is 3.06. The van der Waals surface area contributed by atoms with Crippen LogP contribution in [0.15, 0.2) is 18.2 Å². The molecule has 1 atom stereocenters. The molecular weight excluding hydrogens is 235 g/mol. The number of hydrogen-bond acceptors (Lipinski definition) is 4. The first-order chi connectivity index (χ1) is 8.70. The van der Waals surface area contributed by atoms with Gasteiger partial charge in [0.05, 0.1) is 20.3 Å². The topological polar surface area (TPSA) is 33.7 Å². The molecule has 1 saturated heterocycles. The van der Waals surface area contributed by atoms with Gasteiger partial charge in [-0.25, -0.2) is 14.8 Å². The zero-order chi connectivity index (χ0) is 13.0. The Balaban J connectivity index is 2.01. The second kappa shape index (κ2) is 6.13. The quantitative estimate of drug-likeness (QED) is 0.887. The van der Waals surface area contributed by atoms with Crippen molar-refractivity contribution in [2.45, 2.75) is 13.0 Å². The van der Waals surface area contributed by atoms with E-state index in [0.29, 0.717) is 0 Å². The molecule has 1 N–H and O–H groups in total. The van der Waals surface area contributed by atoms with E-state index in [9.17, 15) is 4.39 Å². The van der Waals surface area contributed by atoms with Gasteiger partial charge in [0, 0.05) is 19.1 Å². The summed E-state index contributed by atoms with van der Waals surface area (Å²) in [5, 5.41) is 2.13. The summed E-state index contributed by atoms with van der Waals surface area (Å²) in [6.07, 6.45) is 0. The maximum Gasteiger partial charge on any atom is 0.165 e. The maximum atomic E-state index is 13.3. The maximum absolute atomic E-state index is 13.3. The summed E-state index contributed by atoms with van der Waals surface area (Å²) in [4.78, 5) is 0. The molecule has 0 spiro atoms. The van der Waals surface area contributed by atoms with Crippen LogP contribution in [0, 0.1) is 5.82 Å². The molecule has 100 valence electrons. The van der Waals surface area contributed by atoms with E-state index in [4.69, 9.17) is 9.47 Å². The van der Waals surface area contributed by atoms with E-state index in [1.165, 1.54) is 13.2 Å². The highest BCUT2D eigenvalue weighted by molar-refractivity contribution is 5.31. The number of morpholine rings is 1. The zero-order valence-corrected chi connectivity index (χ0v) is 10.8. The number of hydrazine groups is 1. The molecule has 0 aliphatic carbocycles. The van der Waals surface area contributed by atoms with E-state index in [-0.39, 0.29) is 17.6 Å². The molecule has 0 aromatic heterocycles. The number of nitrogens with one attached hydrogen (secondary N) is 1. The Morgan fingerprint density at radius 2 is 2.11 bits per heavy atom. The highest BCUT2D eigenvalue weighted by atomic mass is 19.1. The van der Waals surface area contributed by atoms with Crippen molar-refractivity contribution in [2.75, 3.05) is 33.4 Å². The van der Waals surface area contributed by atoms with Crippen LogP contribution >= 0.6 is 0 Å². The largest absolute Gasteiger partial charge is 0.494 e. The Labute approximate surface area is 107 Å². The van der Waals surface area contributed by atoms with Crippen LogP contribution in [0.4, 0.5) is 4.39 Å². The average Bonchev–Trinajstić information content (AvgIpc) is 2.40. The first-order valence-corrected chi connectivity index (χ1v) is 6.13. The van der Waals surface area contributed by atoms with Crippen LogP contribution in [0.5, 0.6) is 5.75 Å². The van der Waals surface area contributed by atoms with Gasteiger partial charge in [-0.3, -0.25) is 0 Å². The summed E-state index contributed by atoms with van der Waals surface area (Å²) < 4.78 is 23.6. The van der Waals surface area contributed by atoms with E-state index in [2.05, 4.69) is 10.4 Å². The van der Waals surface area contributed by atoms with Gasteiger partial charge in [0.2, 0.25) is 0 Å². The van der Waals surface area contributed by atoms with Crippen molar-refractivity contribution in [2.24, 2.45) is 0 Å². The summed E-state index contributed by atoms with van der Waals surface area (Å²) in [6.45, 7) is 5.26. The van der Waals surface area contributed by atoms with Crippen molar-refractivity contribution in [1.29, 1.82) is 0 Å².